The molecule has 0 radical (unpaired) electrons. The maximum atomic E-state index is 5.76. The van der Waals surface area contributed by atoms with Gasteiger partial charge >= 0.3 is 0 Å². The molecule has 0 N–H and O–H groups in total. The largest absolute Gasteiger partial charge is 0.268 e. The summed E-state index contributed by atoms with van der Waals surface area (Å²) in [6.45, 7) is 0. The van der Waals surface area contributed by atoms with Gasteiger partial charge in [-0.25, -0.2) is 0 Å². The summed E-state index contributed by atoms with van der Waals surface area (Å²) in [5.74, 6) is 0. The highest BCUT2D eigenvalue weighted by Gasteiger charge is 2.16. The normalized spacial score (nSPS) is 19.4. The van der Waals surface area contributed by atoms with E-state index in [0.29, 0.717) is 6.04 Å². The van der Waals surface area contributed by atoms with Gasteiger partial charge in [0, 0.05) is 6.20 Å². The lowest BCUT2D eigenvalue weighted by atomic mass is 10.3. The molecule has 1 aromatic heterocycles. The summed E-state index contributed by atoms with van der Waals surface area (Å²) in [6.07, 6.45) is 8.82. The number of nitrogens with zero attached hydrogens (tertiary/aromatic N) is 2. The van der Waals surface area contributed by atoms with Gasteiger partial charge in [-0.05, 0) is 12.8 Å². The Labute approximate surface area is 71.2 Å². The predicted molar refractivity (Wildman–Crippen MR) is 44.7 cm³/mol. The van der Waals surface area contributed by atoms with Crippen LogP contribution in [0.2, 0.25) is 5.02 Å². The number of hydrogen-bond donors (Lipinski definition) is 0. The minimum absolute atomic E-state index is 0.613. The fourth-order valence-corrected chi connectivity index (χ4v) is 1.83. The molecule has 1 saturated carbocycles. The average molecular weight is 171 g/mol. The second-order valence-corrected chi connectivity index (χ2v) is 3.51. The van der Waals surface area contributed by atoms with Gasteiger partial charge in [0.1, 0.15) is 0 Å². The van der Waals surface area contributed by atoms with Gasteiger partial charge < -0.3 is 0 Å². The van der Waals surface area contributed by atoms with Crippen LogP contribution in [-0.4, -0.2) is 9.78 Å². The van der Waals surface area contributed by atoms with Crippen molar-refractivity contribution in [2.75, 3.05) is 0 Å². The average Bonchev–Trinajstić information content (AvgIpc) is 2.55. The Hall–Kier alpha value is -0.500. The van der Waals surface area contributed by atoms with E-state index in [4.69, 9.17) is 11.6 Å². The third-order valence-electron chi connectivity index (χ3n) is 2.27. The molecule has 1 heterocycles. The topological polar surface area (TPSA) is 17.8 Å². The molecule has 0 aliphatic heterocycles. The zero-order valence-corrected chi connectivity index (χ0v) is 7.09. The van der Waals surface area contributed by atoms with Crippen molar-refractivity contribution < 1.29 is 0 Å². The molecule has 1 aliphatic rings. The number of rotatable bonds is 1. The molecule has 0 bridgehead atoms. The summed E-state index contributed by atoms with van der Waals surface area (Å²) in [5.41, 5.74) is 0. The standard InChI is InChI=1S/C8H11ClN2/c9-7-5-10-11(6-7)8-3-1-2-4-8/h5-6,8H,1-4H2. The summed E-state index contributed by atoms with van der Waals surface area (Å²) in [6, 6.07) is 0.613. The predicted octanol–water partition coefficient (Wildman–Crippen LogP) is 2.65. The zero-order chi connectivity index (χ0) is 7.68. The highest BCUT2D eigenvalue weighted by Crippen LogP contribution is 2.29. The molecule has 0 spiro atoms. The van der Waals surface area contributed by atoms with Gasteiger partial charge in [0.25, 0.3) is 0 Å². The summed E-state index contributed by atoms with van der Waals surface area (Å²) >= 11 is 5.76. The monoisotopic (exact) mass is 170 g/mol. The number of aromatic nitrogens is 2. The Kier molecular flexibility index (Phi) is 1.86. The minimum atomic E-state index is 0.613. The highest BCUT2D eigenvalue weighted by molar-refractivity contribution is 6.30. The Morgan fingerprint density at radius 2 is 2.18 bits per heavy atom. The Morgan fingerprint density at radius 1 is 1.45 bits per heavy atom. The van der Waals surface area contributed by atoms with Crippen LogP contribution in [-0.2, 0) is 0 Å². The van der Waals surface area contributed by atoms with Crippen molar-refractivity contribution in [3.63, 3.8) is 0 Å². The van der Waals surface area contributed by atoms with Gasteiger partial charge in [0.05, 0.1) is 17.3 Å². The van der Waals surface area contributed by atoms with Gasteiger partial charge in [-0.2, -0.15) is 5.10 Å². The second-order valence-electron chi connectivity index (χ2n) is 3.08. The molecule has 0 amide bonds. The van der Waals surface area contributed by atoms with E-state index in [9.17, 15) is 0 Å². The zero-order valence-electron chi connectivity index (χ0n) is 6.33. The molecule has 1 aromatic rings. The van der Waals surface area contributed by atoms with Gasteiger partial charge in [-0.3, -0.25) is 4.68 Å². The quantitative estimate of drug-likeness (QED) is 0.634. The van der Waals surface area contributed by atoms with Crippen LogP contribution in [0.15, 0.2) is 12.4 Å². The van der Waals surface area contributed by atoms with Crippen molar-refractivity contribution in [2.45, 2.75) is 31.7 Å². The lowest BCUT2D eigenvalue weighted by Crippen LogP contribution is -2.04. The van der Waals surface area contributed by atoms with Crippen molar-refractivity contribution in [3.8, 4) is 0 Å². The molecule has 1 fully saturated rings. The SMILES string of the molecule is Clc1cnn(C2CCCC2)c1. The van der Waals surface area contributed by atoms with Crippen LogP contribution < -0.4 is 0 Å². The van der Waals surface area contributed by atoms with Crippen LogP contribution in [0.3, 0.4) is 0 Å². The Balaban J connectivity index is 2.15. The van der Waals surface area contributed by atoms with Crippen LogP contribution >= 0.6 is 11.6 Å². The van der Waals surface area contributed by atoms with Crippen molar-refractivity contribution >= 4 is 11.6 Å². The maximum Gasteiger partial charge on any atom is 0.0785 e. The van der Waals surface area contributed by atoms with Gasteiger partial charge in [-0.1, -0.05) is 24.4 Å². The van der Waals surface area contributed by atoms with E-state index in [2.05, 4.69) is 5.10 Å². The smallest absolute Gasteiger partial charge is 0.0785 e. The number of hydrogen-bond acceptors (Lipinski definition) is 1. The molecule has 0 atom stereocenters. The van der Waals surface area contributed by atoms with Crippen LogP contribution in [0, 0.1) is 0 Å². The molecule has 3 heteroatoms. The van der Waals surface area contributed by atoms with E-state index in [0.717, 1.165) is 5.02 Å². The fourth-order valence-electron chi connectivity index (χ4n) is 1.68. The first-order valence-electron chi connectivity index (χ1n) is 4.06. The second kappa shape index (κ2) is 2.86. The molecule has 0 aromatic carbocycles. The van der Waals surface area contributed by atoms with Gasteiger partial charge in [0.15, 0.2) is 0 Å². The molecule has 0 unspecified atom stereocenters. The summed E-state index contributed by atoms with van der Waals surface area (Å²) in [7, 11) is 0. The Morgan fingerprint density at radius 3 is 2.73 bits per heavy atom. The van der Waals surface area contributed by atoms with Crippen molar-refractivity contribution in [2.24, 2.45) is 0 Å². The van der Waals surface area contributed by atoms with E-state index in [1.165, 1.54) is 25.7 Å². The van der Waals surface area contributed by atoms with E-state index in [1.807, 2.05) is 10.9 Å². The van der Waals surface area contributed by atoms with Crippen LogP contribution in [0.25, 0.3) is 0 Å². The molecule has 2 rings (SSSR count). The third kappa shape index (κ3) is 1.41. The summed E-state index contributed by atoms with van der Waals surface area (Å²) in [5, 5.41) is 4.93. The first-order valence-corrected chi connectivity index (χ1v) is 4.44. The molecule has 0 saturated heterocycles. The first-order chi connectivity index (χ1) is 5.36. The summed E-state index contributed by atoms with van der Waals surface area (Å²) < 4.78 is 2.00. The van der Waals surface area contributed by atoms with Crippen molar-refractivity contribution in [1.82, 2.24) is 9.78 Å². The van der Waals surface area contributed by atoms with E-state index in [1.54, 1.807) is 6.20 Å². The third-order valence-corrected chi connectivity index (χ3v) is 2.46. The van der Waals surface area contributed by atoms with Crippen molar-refractivity contribution in [1.29, 1.82) is 0 Å². The number of halogens is 1. The molecule has 1 aliphatic carbocycles. The Bertz CT molecular complexity index is 238. The lowest BCUT2D eigenvalue weighted by molar-refractivity contribution is 0.467. The van der Waals surface area contributed by atoms with Crippen LogP contribution in [0.5, 0.6) is 0 Å². The molecular weight excluding hydrogens is 160 g/mol. The molecule has 2 nitrogen and oxygen atoms in total. The van der Waals surface area contributed by atoms with E-state index < -0.39 is 0 Å². The highest BCUT2D eigenvalue weighted by atomic mass is 35.5. The maximum absolute atomic E-state index is 5.76. The first kappa shape index (κ1) is 7.17. The van der Waals surface area contributed by atoms with Crippen LogP contribution in [0.4, 0.5) is 0 Å². The fraction of sp³-hybridized carbons (Fsp3) is 0.625. The van der Waals surface area contributed by atoms with Gasteiger partial charge in [-0.15, -0.1) is 0 Å². The molecule has 11 heavy (non-hydrogen) atoms. The van der Waals surface area contributed by atoms with Crippen LogP contribution in [0.1, 0.15) is 31.7 Å². The summed E-state index contributed by atoms with van der Waals surface area (Å²) in [4.78, 5) is 0. The van der Waals surface area contributed by atoms with Gasteiger partial charge in [0.2, 0.25) is 0 Å². The van der Waals surface area contributed by atoms with Crippen molar-refractivity contribution in [3.05, 3.63) is 17.4 Å². The van der Waals surface area contributed by atoms with E-state index in [-0.39, 0.29) is 0 Å². The lowest BCUT2D eigenvalue weighted by Gasteiger charge is -2.07. The molecule has 60 valence electrons. The minimum Gasteiger partial charge on any atom is -0.268 e. The van der Waals surface area contributed by atoms with E-state index >= 15 is 0 Å². The molecular formula is C8H11ClN2.